The predicted molar refractivity (Wildman–Crippen MR) is 112 cm³/mol. The summed E-state index contributed by atoms with van der Waals surface area (Å²) in [5.74, 6) is -0.729. The molecule has 6 N–H and O–H groups in total. The average molecular weight is 506 g/mol. The monoisotopic (exact) mass is 506 g/mol. The van der Waals surface area contributed by atoms with Crippen LogP contribution in [0.4, 0.5) is 0 Å². The molecule has 8 atom stereocenters. The third kappa shape index (κ3) is 5.30. The summed E-state index contributed by atoms with van der Waals surface area (Å²) in [5.41, 5.74) is -1.93. The minimum atomic E-state index is -2.01. The van der Waals surface area contributed by atoms with Crippen LogP contribution in [-0.4, -0.2) is 126 Å². The standard InChI is InChI=1S/C21H30O14/c1-29-10-4-9(18(27)31-3)5-11(30-2)15(10)34-19-16(14(25)13(24)12(6-22)33-19)35-20-17(26)21(28,7-23)8-32-20/h4-5,12-14,16-17,19-20,22-26,28H,6-8H2,1-3H3. The molecule has 2 aliphatic heterocycles. The van der Waals surface area contributed by atoms with Gasteiger partial charge < -0.3 is 63.8 Å². The van der Waals surface area contributed by atoms with Gasteiger partial charge in [0.15, 0.2) is 23.9 Å². The van der Waals surface area contributed by atoms with E-state index < -0.39 is 74.5 Å². The predicted octanol–water partition coefficient (Wildman–Crippen LogP) is -2.87. The maximum absolute atomic E-state index is 12.0. The van der Waals surface area contributed by atoms with E-state index in [0.29, 0.717) is 0 Å². The van der Waals surface area contributed by atoms with Crippen molar-refractivity contribution in [3.63, 3.8) is 0 Å². The zero-order chi connectivity index (χ0) is 25.9. The number of aliphatic hydroxyl groups excluding tert-OH is 5. The van der Waals surface area contributed by atoms with Gasteiger partial charge in [-0.15, -0.1) is 0 Å². The molecule has 0 aliphatic carbocycles. The summed E-state index contributed by atoms with van der Waals surface area (Å²) in [4.78, 5) is 12.0. The molecule has 0 aromatic heterocycles. The lowest BCUT2D eigenvalue weighted by Crippen LogP contribution is -2.62. The Bertz CT molecular complexity index is 855. The van der Waals surface area contributed by atoms with Gasteiger partial charge in [-0.05, 0) is 12.1 Å². The summed E-state index contributed by atoms with van der Waals surface area (Å²) in [7, 11) is 3.79. The fourth-order valence-electron chi connectivity index (χ4n) is 3.71. The Morgan fingerprint density at radius 3 is 2.17 bits per heavy atom. The normalized spacial score (nSPS) is 34.9. The number of methoxy groups -OCH3 is 3. The summed E-state index contributed by atoms with van der Waals surface area (Å²) >= 11 is 0. The van der Waals surface area contributed by atoms with Gasteiger partial charge in [-0.2, -0.15) is 0 Å². The number of carbonyl (C=O) groups excluding carboxylic acids is 1. The van der Waals surface area contributed by atoms with Gasteiger partial charge in [-0.1, -0.05) is 0 Å². The molecule has 2 saturated heterocycles. The van der Waals surface area contributed by atoms with E-state index in [1.54, 1.807) is 0 Å². The highest BCUT2D eigenvalue weighted by Gasteiger charge is 2.53. The first-order valence-corrected chi connectivity index (χ1v) is 10.6. The number of benzene rings is 1. The first-order valence-electron chi connectivity index (χ1n) is 10.6. The van der Waals surface area contributed by atoms with Crippen molar-refractivity contribution in [2.45, 2.75) is 48.7 Å². The van der Waals surface area contributed by atoms with Gasteiger partial charge in [-0.25, -0.2) is 4.79 Å². The Hall–Kier alpha value is -2.27. The van der Waals surface area contributed by atoms with Crippen molar-refractivity contribution in [3.05, 3.63) is 17.7 Å². The SMILES string of the molecule is COC(=O)c1cc(OC)c(OC2OC(CO)C(O)C(O)C2OC2OCC(O)(CO)C2O)c(OC)c1. The molecule has 0 bridgehead atoms. The average Bonchev–Trinajstić information content (AvgIpc) is 3.16. The smallest absolute Gasteiger partial charge is 0.338 e. The van der Waals surface area contributed by atoms with Gasteiger partial charge in [0.25, 0.3) is 0 Å². The highest BCUT2D eigenvalue weighted by atomic mass is 16.8. The molecule has 2 heterocycles. The second-order valence-electron chi connectivity index (χ2n) is 8.01. The van der Waals surface area contributed by atoms with Crippen molar-refractivity contribution in [2.24, 2.45) is 0 Å². The lowest BCUT2D eigenvalue weighted by atomic mass is 9.98. The molecule has 2 aliphatic rings. The molecule has 3 rings (SSSR count). The van der Waals surface area contributed by atoms with E-state index in [9.17, 15) is 35.4 Å². The van der Waals surface area contributed by atoms with Gasteiger partial charge in [0, 0.05) is 0 Å². The number of carbonyl (C=O) groups is 1. The van der Waals surface area contributed by atoms with Crippen LogP contribution in [0.3, 0.4) is 0 Å². The Morgan fingerprint density at radius 1 is 1.06 bits per heavy atom. The topological polar surface area (TPSA) is 203 Å². The molecule has 1 aromatic rings. The third-order valence-electron chi connectivity index (χ3n) is 5.81. The highest BCUT2D eigenvalue weighted by Crippen LogP contribution is 2.41. The molecule has 8 unspecified atom stereocenters. The lowest BCUT2D eigenvalue weighted by molar-refractivity contribution is -0.319. The summed E-state index contributed by atoms with van der Waals surface area (Å²) < 4.78 is 37.6. The Labute approximate surface area is 200 Å². The van der Waals surface area contributed by atoms with E-state index in [-0.39, 0.29) is 22.8 Å². The Morgan fingerprint density at radius 2 is 1.69 bits per heavy atom. The fraction of sp³-hybridized carbons (Fsp3) is 0.667. The Kier molecular flexibility index (Phi) is 8.74. The number of aliphatic hydroxyl groups is 6. The number of esters is 1. The van der Waals surface area contributed by atoms with Crippen molar-refractivity contribution in [2.75, 3.05) is 41.2 Å². The van der Waals surface area contributed by atoms with Crippen LogP contribution >= 0.6 is 0 Å². The van der Waals surface area contributed by atoms with E-state index in [0.717, 1.165) is 0 Å². The van der Waals surface area contributed by atoms with Gasteiger partial charge in [-0.3, -0.25) is 0 Å². The van der Waals surface area contributed by atoms with Crippen molar-refractivity contribution in [1.82, 2.24) is 0 Å². The molecule has 2 fully saturated rings. The van der Waals surface area contributed by atoms with Crippen molar-refractivity contribution in [3.8, 4) is 17.2 Å². The van der Waals surface area contributed by atoms with Gasteiger partial charge in [0.2, 0.25) is 12.0 Å². The van der Waals surface area contributed by atoms with E-state index in [2.05, 4.69) is 0 Å². The molecule has 0 amide bonds. The largest absolute Gasteiger partial charge is 0.493 e. The molecular formula is C21H30O14. The molecular weight excluding hydrogens is 476 g/mol. The van der Waals surface area contributed by atoms with Crippen LogP contribution in [0.15, 0.2) is 12.1 Å². The van der Waals surface area contributed by atoms with Gasteiger partial charge in [0.05, 0.1) is 46.7 Å². The maximum Gasteiger partial charge on any atom is 0.338 e. The summed E-state index contributed by atoms with van der Waals surface area (Å²) in [5, 5.41) is 60.5. The molecule has 14 nitrogen and oxygen atoms in total. The second-order valence-corrected chi connectivity index (χ2v) is 8.01. The van der Waals surface area contributed by atoms with Crippen LogP contribution in [0.2, 0.25) is 0 Å². The molecule has 1 aromatic carbocycles. The van der Waals surface area contributed by atoms with E-state index >= 15 is 0 Å². The minimum Gasteiger partial charge on any atom is -0.493 e. The molecule has 0 saturated carbocycles. The number of hydrogen-bond acceptors (Lipinski definition) is 14. The molecule has 14 heteroatoms. The molecule has 0 spiro atoms. The van der Waals surface area contributed by atoms with E-state index in [1.807, 2.05) is 0 Å². The number of ether oxygens (including phenoxy) is 7. The quantitative estimate of drug-likeness (QED) is 0.187. The second kappa shape index (κ2) is 11.2. The summed E-state index contributed by atoms with van der Waals surface area (Å²) in [6.45, 7) is -1.98. The zero-order valence-corrected chi connectivity index (χ0v) is 19.3. The fourth-order valence-corrected chi connectivity index (χ4v) is 3.71. The molecule has 35 heavy (non-hydrogen) atoms. The van der Waals surface area contributed by atoms with Crippen LogP contribution in [0.1, 0.15) is 10.4 Å². The van der Waals surface area contributed by atoms with Gasteiger partial charge in [0.1, 0.15) is 30.0 Å². The molecule has 0 radical (unpaired) electrons. The Balaban J connectivity index is 1.95. The highest BCUT2D eigenvalue weighted by molar-refractivity contribution is 5.91. The van der Waals surface area contributed by atoms with E-state index in [4.69, 9.17) is 33.2 Å². The maximum atomic E-state index is 12.0. The van der Waals surface area contributed by atoms with E-state index in [1.165, 1.54) is 33.5 Å². The summed E-state index contributed by atoms with van der Waals surface area (Å²) in [6, 6.07) is 2.62. The molecule has 198 valence electrons. The first kappa shape index (κ1) is 27.3. The minimum absolute atomic E-state index is 0.0140. The van der Waals surface area contributed by atoms with Crippen LogP contribution in [0.25, 0.3) is 0 Å². The summed E-state index contributed by atoms with van der Waals surface area (Å²) in [6.07, 6.45) is -11.0. The first-order chi connectivity index (χ1) is 16.6. The lowest BCUT2D eigenvalue weighted by Gasteiger charge is -2.42. The van der Waals surface area contributed by atoms with Crippen molar-refractivity contribution in [1.29, 1.82) is 0 Å². The van der Waals surface area contributed by atoms with Crippen LogP contribution < -0.4 is 14.2 Å². The van der Waals surface area contributed by atoms with Crippen molar-refractivity contribution < 1.29 is 68.6 Å². The number of rotatable bonds is 9. The third-order valence-corrected chi connectivity index (χ3v) is 5.81. The van der Waals surface area contributed by atoms with Crippen LogP contribution in [0, 0.1) is 0 Å². The van der Waals surface area contributed by atoms with Crippen molar-refractivity contribution >= 4 is 5.97 Å². The zero-order valence-electron chi connectivity index (χ0n) is 19.3. The van der Waals surface area contributed by atoms with Crippen LogP contribution in [0.5, 0.6) is 17.2 Å². The van der Waals surface area contributed by atoms with Crippen LogP contribution in [-0.2, 0) is 18.9 Å². The van der Waals surface area contributed by atoms with Gasteiger partial charge >= 0.3 is 5.97 Å². The number of hydrogen-bond donors (Lipinski definition) is 6.